The number of carbonyl (C=O) groups excluding carboxylic acids is 2. The third kappa shape index (κ3) is 8.58. The van der Waals surface area contributed by atoms with Gasteiger partial charge in [-0.1, -0.05) is 41.9 Å². The van der Waals surface area contributed by atoms with Crippen LogP contribution in [0.3, 0.4) is 0 Å². The number of ether oxygens (including phenoxy) is 3. The molecule has 1 aliphatic rings. The number of carbonyl (C=O) groups is 2. The van der Waals surface area contributed by atoms with Crippen molar-refractivity contribution < 1.29 is 23.8 Å². The largest absolute Gasteiger partial charge is 0.492 e. The number of amides is 3. The number of nitrogens with zero attached hydrogens (tertiary/aromatic N) is 1. The standard InChI is InChI=1S/C26H35ClN4O5/c1-29-26(33)35-14-13-34-17-20-7-5-11-23(27)24(20)19-8-6-12-31(16-19)25(32)30-15-21(28)18-36-22-9-3-2-4-10-22/h2-5,7,9-11,19,21H,6,8,12-18,28H2,1H3,(H,29,33)(H,30,32)/t19-,21+/m0/s1. The van der Waals surface area contributed by atoms with Gasteiger partial charge < -0.3 is 35.5 Å². The van der Waals surface area contributed by atoms with Gasteiger partial charge in [-0.05, 0) is 42.2 Å². The molecule has 4 N–H and O–H groups in total. The van der Waals surface area contributed by atoms with Gasteiger partial charge in [0.2, 0.25) is 0 Å². The number of benzene rings is 2. The van der Waals surface area contributed by atoms with Gasteiger partial charge in [0.25, 0.3) is 0 Å². The van der Waals surface area contributed by atoms with Crippen molar-refractivity contribution in [2.45, 2.75) is 31.4 Å². The molecule has 0 bridgehead atoms. The molecule has 1 aliphatic heterocycles. The van der Waals surface area contributed by atoms with Gasteiger partial charge in [0.1, 0.15) is 19.0 Å². The van der Waals surface area contributed by atoms with E-state index in [4.69, 9.17) is 31.5 Å². The zero-order valence-corrected chi connectivity index (χ0v) is 21.3. The van der Waals surface area contributed by atoms with E-state index in [1.54, 1.807) is 0 Å². The lowest BCUT2D eigenvalue weighted by Gasteiger charge is -2.34. The Morgan fingerprint density at radius 3 is 2.75 bits per heavy atom. The fourth-order valence-corrected chi connectivity index (χ4v) is 4.47. The summed E-state index contributed by atoms with van der Waals surface area (Å²) in [6.45, 7) is 2.62. The van der Waals surface area contributed by atoms with Crippen molar-refractivity contribution in [3.63, 3.8) is 0 Å². The van der Waals surface area contributed by atoms with E-state index in [0.29, 0.717) is 37.9 Å². The molecule has 0 radical (unpaired) electrons. The summed E-state index contributed by atoms with van der Waals surface area (Å²) in [5.74, 6) is 0.839. The van der Waals surface area contributed by atoms with Crippen molar-refractivity contribution in [1.29, 1.82) is 0 Å². The SMILES string of the molecule is CNC(=O)OCCOCc1cccc(Cl)c1[C@H]1CCCN(C(=O)NC[C@@H](N)COc2ccccc2)C1. The van der Waals surface area contributed by atoms with Crippen LogP contribution in [0.15, 0.2) is 48.5 Å². The fraction of sp³-hybridized carbons (Fsp3) is 0.462. The molecule has 2 atom stereocenters. The van der Waals surface area contributed by atoms with Crippen LogP contribution in [0.2, 0.25) is 5.02 Å². The minimum atomic E-state index is -0.493. The van der Waals surface area contributed by atoms with Gasteiger partial charge in [-0.25, -0.2) is 9.59 Å². The Labute approximate surface area is 217 Å². The summed E-state index contributed by atoms with van der Waals surface area (Å²) in [5, 5.41) is 5.98. The molecule has 1 saturated heterocycles. The Morgan fingerprint density at radius 2 is 1.97 bits per heavy atom. The number of piperidine rings is 1. The lowest BCUT2D eigenvalue weighted by atomic mass is 9.87. The zero-order valence-electron chi connectivity index (χ0n) is 20.6. The Balaban J connectivity index is 1.49. The summed E-state index contributed by atoms with van der Waals surface area (Å²) < 4.78 is 16.3. The molecule has 0 aliphatic carbocycles. The maximum absolute atomic E-state index is 12.9. The van der Waals surface area contributed by atoms with Crippen molar-refractivity contribution in [2.75, 3.05) is 46.5 Å². The van der Waals surface area contributed by atoms with Crippen molar-refractivity contribution >= 4 is 23.7 Å². The second-order valence-corrected chi connectivity index (χ2v) is 9.01. The first-order valence-electron chi connectivity index (χ1n) is 12.1. The number of nitrogens with two attached hydrogens (primary N) is 1. The van der Waals surface area contributed by atoms with E-state index in [1.807, 2.05) is 53.4 Å². The monoisotopic (exact) mass is 518 g/mol. The molecule has 36 heavy (non-hydrogen) atoms. The number of halogens is 1. The van der Waals surface area contributed by atoms with E-state index in [2.05, 4.69) is 10.6 Å². The number of para-hydroxylation sites is 1. The smallest absolute Gasteiger partial charge is 0.406 e. The Bertz CT molecular complexity index is 978. The van der Waals surface area contributed by atoms with E-state index < -0.39 is 6.09 Å². The van der Waals surface area contributed by atoms with Crippen LogP contribution in [0.5, 0.6) is 5.75 Å². The Kier molecular flexibility index (Phi) is 11.1. The highest BCUT2D eigenvalue weighted by Crippen LogP contribution is 2.34. The minimum Gasteiger partial charge on any atom is -0.492 e. The number of alkyl carbamates (subject to hydrolysis) is 1. The second kappa shape index (κ2) is 14.5. The van der Waals surface area contributed by atoms with Gasteiger partial charge in [-0.3, -0.25) is 0 Å². The van der Waals surface area contributed by atoms with Gasteiger partial charge in [0.05, 0.1) is 19.3 Å². The van der Waals surface area contributed by atoms with Gasteiger partial charge in [0, 0.05) is 37.6 Å². The number of nitrogens with one attached hydrogen (secondary N) is 2. The lowest BCUT2D eigenvalue weighted by molar-refractivity contribution is 0.0649. The molecule has 10 heteroatoms. The van der Waals surface area contributed by atoms with Crippen molar-refractivity contribution in [2.24, 2.45) is 5.73 Å². The second-order valence-electron chi connectivity index (χ2n) is 8.61. The number of likely N-dealkylation sites (tertiary alicyclic amines) is 1. The number of hydrogen-bond donors (Lipinski definition) is 3. The van der Waals surface area contributed by atoms with Crippen LogP contribution in [0.4, 0.5) is 9.59 Å². The van der Waals surface area contributed by atoms with Gasteiger partial charge >= 0.3 is 12.1 Å². The molecule has 2 aromatic carbocycles. The van der Waals surface area contributed by atoms with Crippen LogP contribution in [0, 0.1) is 0 Å². The quantitative estimate of drug-likeness (QED) is 0.392. The Hall–Kier alpha value is -3.01. The highest BCUT2D eigenvalue weighted by molar-refractivity contribution is 6.31. The average molecular weight is 519 g/mol. The number of hydrogen-bond acceptors (Lipinski definition) is 6. The molecule has 1 heterocycles. The van der Waals surface area contributed by atoms with Crippen LogP contribution in [-0.4, -0.2) is 69.6 Å². The van der Waals surface area contributed by atoms with E-state index in [1.165, 1.54) is 7.05 Å². The number of rotatable bonds is 11. The topological polar surface area (TPSA) is 115 Å². The Morgan fingerprint density at radius 1 is 1.17 bits per heavy atom. The highest BCUT2D eigenvalue weighted by atomic mass is 35.5. The van der Waals surface area contributed by atoms with Crippen LogP contribution in [0.1, 0.15) is 29.9 Å². The predicted molar refractivity (Wildman–Crippen MR) is 138 cm³/mol. The summed E-state index contributed by atoms with van der Waals surface area (Å²) in [6.07, 6.45) is 1.30. The summed E-state index contributed by atoms with van der Waals surface area (Å²) in [6, 6.07) is 14.7. The molecule has 1 fully saturated rings. The molecule has 9 nitrogen and oxygen atoms in total. The van der Waals surface area contributed by atoms with E-state index in [-0.39, 0.29) is 31.2 Å². The molecule has 196 valence electrons. The van der Waals surface area contributed by atoms with Gasteiger partial charge in [-0.2, -0.15) is 0 Å². The molecule has 0 saturated carbocycles. The predicted octanol–water partition coefficient (Wildman–Crippen LogP) is 3.51. The molecular formula is C26H35ClN4O5. The molecule has 0 aromatic heterocycles. The van der Waals surface area contributed by atoms with E-state index in [9.17, 15) is 9.59 Å². The third-order valence-electron chi connectivity index (χ3n) is 5.91. The summed E-state index contributed by atoms with van der Waals surface area (Å²) >= 11 is 6.60. The van der Waals surface area contributed by atoms with Crippen molar-refractivity contribution in [3.05, 3.63) is 64.7 Å². The zero-order chi connectivity index (χ0) is 25.8. The summed E-state index contributed by atoms with van der Waals surface area (Å²) in [5.41, 5.74) is 8.09. The maximum atomic E-state index is 12.9. The molecule has 3 rings (SSSR count). The molecule has 3 amide bonds. The van der Waals surface area contributed by atoms with Gasteiger partial charge in [-0.15, -0.1) is 0 Å². The first kappa shape index (κ1) is 27.6. The normalized spacial score (nSPS) is 16.2. The average Bonchev–Trinajstić information content (AvgIpc) is 2.90. The molecular weight excluding hydrogens is 484 g/mol. The van der Waals surface area contributed by atoms with Crippen molar-refractivity contribution in [1.82, 2.24) is 15.5 Å². The summed E-state index contributed by atoms with van der Waals surface area (Å²) in [7, 11) is 1.50. The van der Waals surface area contributed by atoms with Gasteiger partial charge in [0.15, 0.2) is 0 Å². The molecule has 2 aromatic rings. The molecule has 0 unspecified atom stereocenters. The van der Waals surface area contributed by atoms with Crippen LogP contribution < -0.4 is 21.1 Å². The van der Waals surface area contributed by atoms with E-state index >= 15 is 0 Å². The summed E-state index contributed by atoms with van der Waals surface area (Å²) in [4.78, 5) is 25.8. The fourth-order valence-electron chi connectivity index (χ4n) is 4.12. The lowest BCUT2D eigenvalue weighted by Crippen LogP contribution is -2.49. The van der Waals surface area contributed by atoms with Crippen LogP contribution in [-0.2, 0) is 16.1 Å². The first-order valence-corrected chi connectivity index (χ1v) is 12.5. The first-order chi connectivity index (χ1) is 17.5. The van der Waals surface area contributed by atoms with Crippen LogP contribution >= 0.6 is 11.6 Å². The van der Waals surface area contributed by atoms with Crippen molar-refractivity contribution in [3.8, 4) is 5.75 Å². The minimum absolute atomic E-state index is 0.0917. The molecule has 0 spiro atoms. The highest BCUT2D eigenvalue weighted by Gasteiger charge is 2.28. The number of urea groups is 1. The third-order valence-corrected chi connectivity index (χ3v) is 6.23. The van der Waals surface area contributed by atoms with Crippen LogP contribution in [0.25, 0.3) is 0 Å². The van der Waals surface area contributed by atoms with E-state index in [0.717, 1.165) is 29.7 Å². The maximum Gasteiger partial charge on any atom is 0.406 e.